The number of nitrogens with one attached hydrogen (secondary N) is 1. The van der Waals surface area contributed by atoms with E-state index in [1.165, 1.54) is 5.56 Å². The lowest BCUT2D eigenvalue weighted by Gasteiger charge is -2.22. The summed E-state index contributed by atoms with van der Waals surface area (Å²) in [5.41, 5.74) is 6.43. The van der Waals surface area contributed by atoms with Crippen molar-refractivity contribution in [1.82, 2.24) is 5.32 Å². The van der Waals surface area contributed by atoms with E-state index in [1.807, 2.05) is 25.1 Å². The predicted octanol–water partition coefficient (Wildman–Crippen LogP) is 2.68. The van der Waals surface area contributed by atoms with Crippen LogP contribution in [0.5, 0.6) is 5.75 Å². The van der Waals surface area contributed by atoms with Crippen molar-refractivity contribution in [3.8, 4) is 5.75 Å². The second-order valence-electron chi connectivity index (χ2n) is 5.38. The molecule has 0 fully saturated rings. The summed E-state index contributed by atoms with van der Waals surface area (Å²) < 4.78 is 5.18. The maximum absolute atomic E-state index is 11.9. The molecule has 1 rings (SSSR count). The third-order valence-electron chi connectivity index (χ3n) is 3.35. The Labute approximate surface area is 133 Å². The summed E-state index contributed by atoms with van der Waals surface area (Å²) in [6.07, 6.45) is 3.41. The van der Waals surface area contributed by atoms with E-state index >= 15 is 0 Å². The summed E-state index contributed by atoms with van der Waals surface area (Å²) >= 11 is 0. The van der Waals surface area contributed by atoms with Crippen LogP contribution in [-0.2, 0) is 11.2 Å². The van der Waals surface area contributed by atoms with Crippen LogP contribution in [-0.4, -0.2) is 25.1 Å². The van der Waals surface area contributed by atoms with Gasteiger partial charge in [-0.2, -0.15) is 0 Å². The van der Waals surface area contributed by atoms with Crippen molar-refractivity contribution in [3.05, 3.63) is 29.8 Å². The Balaban J connectivity index is 0.00000400. The Kier molecular flexibility index (Phi) is 9.06. The number of aryl methyl sites for hydroxylation is 1. The molecule has 4 nitrogen and oxygen atoms in total. The molecule has 0 aliphatic rings. The number of hydrogen-bond acceptors (Lipinski definition) is 3. The van der Waals surface area contributed by atoms with Crippen LogP contribution in [0.2, 0.25) is 0 Å². The van der Waals surface area contributed by atoms with Crippen LogP contribution in [0, 0.1) is 0 Å². The largest absolute Gasteiger partial charge is 0.497 e. The zero-order valence-corrected chi connectivity index (χ0v) is 14.0. The molecule has 21 heavy (non-hydrogen) atoms. The Morgan fingerprint density at radius 2 is 2.14 bits per heavy atom. The molecular weight excluding hydrogens is 288 g/mol. The number of carbonyl (C=O) groups excluding carboxylic acids is 1. The molecule has 3 N–H and O–H groups in total. The number of nitrogens with two attached hydrogens (primary N) is 1. The lowest BCUT2D eigenvalue weighted by molar-refractivity contribution is -0.126. The molecule has 0 radical (unpaired) electrons. The first-order valence-corrected chi connectivity index (χ1v) is 7.19. The summed E-state index contributed by atoms with van der Waals surface area (Å²) in [6, 6.07) is 7.99. The minimum atomic E-state index is -0.759. The van der Waals surface area contributed by atoms with Gasteiger partial charge in [-0.05, 0) is 43.9 Å². The van der Waals surface area contributed by atoms with E-state index in [4.69, 9.17) is 10.5 Å². The van der Waals surface area contributed by atoms with Crippen LogP contribution in [0.3, 0.4) is 0 Å². The Hall–Kier alpha value is -1.26. The second-order valence-corrected chi connectivity index (χ2v) is 5.38. The zero-order chi connectivity index (χ0) is 15.0. The van der Waals surface area contributed by atoms with Crippen LogP contribution in [0.4, 0.5) is 0 Å². The predicted molar refractivity (Wildman–Crippen MR) is 89.1 cm³/mol. The maximum Gasteiger partial charge on any atom is 0.239 e. The van der Waals surface area contributed by atoms with Gasteiger partial charge in [0.2, 0.25) is 5.91 Å². The first kappa shape index (κ1) is 19.7. The van der Waals surface area contributed by atoms with Gasteiger partial charge < -0.3 is 15.8 Å². The third-order valence-corrected chi connectivity index (χ3v) is 3.35. The van der Waals surface area contributed by atoms with E-state index in [1.54, 1.807) is 14.0 Å². The minimum Gasteiger partial charge on any atom is -0.497 e. The van der Waals surface area contributed by atoms with Gasteiger partial charge in [0.05, 0.1) is 12.6 Å². The van der Waals surface area contributed by atoms with Crippen LogP contribution < -0.4 is 15.8 Å². The number of methoxy groups -OCH3 is 1. The maximum atomic E-state index is 11.9. The molecular formula is C16H27ClN2O2. The van der Waals surface area contributed by atoms with Crippen molar-refractivity contribution in [2.75, 3.05) is 13.7 Å². The highest BCUT2D eigenvalue weighted by molar-refractivity contribution is 5.85. The van der Waals surface area contributed by atoms with Crippen molar-refractivity contribution in [2.45, 2.75) is 45.1 Å². The topological polar surface area (TPSA) is 64.4 Å². The molecule has 0 heterocycles. The van der Waals surface area contributed by atoms with Crippen LogP contribution >= 0.6 is 12.4 Å². The van der Waals surface area contributed by atoms with Gasteiger partial charge in [0.1, 0.15) is 5.75 Å². The average Bonchev–Trinajstić information content (AvgIpc) is 2.43. The lowest BCUT2D eigenvalue weighted by Crippen LogP contribution is -2.51. The number of carbonyl (C=O) groups is 1. The highest BCUT2D eigenvalue weighted by Crippen LogP contribution is 2.14. The van der Waals surface area contributed by atoms with Crippen LogP contribution in [0.15, 0.2) is 24.3 Å². The molecule has 1 aromatic carbocycles. The molecule has 0 aliphatic carbocycles. The van der Waals surface area contributed by atoms with E-state index in [-0.39, 0.29) is 18.3 Å². The minimum absolute atomic E-state index is 0. The molecule has 1 amide bonds. The number of hydrogen-bond donors (Lipinski definition) is 2. The summed E-state index contributed by atoms with van der Waals surface area (Å²) in [5, 5.41) is 2.91. The summed E-state index contributed by atoms with van der Waals surface area (Å²) in [4.78, 5) is 11.9. The highest BCUT2D eigenvalue weighted by atomic mass is 35.5. The van der Waals surface area contributed by atoms with E-state index in [2.05, 4.69) is 11.4 Å². The summed E-state index contributed by atoms with van der Waals surface area (Å²) in [5.74, 6) is 0.800. The van der Waals surface area contributed by atoms with Crippen molar-refractivity contribution >= 4 is 18.3 Å². The Morgan fingerprint density at radius 3 is 2.76 bits per heavy atom. The normalized spacial score (nSPS) is 13.0. The van der Waals surface area contributed by atoms with Crippen LogP contribution in [0.25, 0.3) is 0 Å². The number of benzene rings is 1. The van der Waals surface area contributed by atoms with Gasteiger partial charge in [0, 0.05) is 6.54 Å². The fraction of sp³-hybridized carbons (Fsp3) is 0.562. The molecule has 0 spiro atoms. The van der Waals surface area contributed by atoms with Gasteiger partial charge in [-0.3, -0.25) is 4.79 Å². The SMILES string of the molecule is CCCC(C)(N)C(=O)NCCCc1cccc(OC)c1.Cl. The molecule has 1 atom stereocenters. The Bertz CT molecular complexity index is 436. The number of amides is 1. The van der Waals surface area contributed by atoms with Crippen LogP contribution in [0.1, 0.15) is 38.7 Å². The van der Waals surface area contributed by atoms with E-state index in [0.717, 1.165) is 25.0 Å². The molecule has 1 aromatic rings. The molecule has 0 bridgehead atoms. The molecule has 0 aromatic heterocycles. The van der Waals surface area contributed by atoms with Gasteiger partial charge in [-0.25, -0.2) is 0 Å². The van der Waals surface area contributed by atoms with Gasteiger partial charge >= 0.3 is 0 Å². The van der Waals surface area contributed by atoms with Gasteiger partial charge in [-0.1, -0.05) is 25.5 Å². The smallest absolute Gasteiger partial charge is 0.239 e. The van der Waals surface area contributed by atoms with Crippen molar-refractivity contribution in [1.29, 1.82) is 0 Å². The first-order chi connectivity index (χ1) is 9.49. The fourth-order valence-electron chi connectivity index (χ4n) is 2.16. The number of rotatable bonds is 8. The average molecular weight is 315 g/mol. The standard InChI is InChI=1S/C16H26N2O2.ClH/c1-4-10-16(2,17)15(19)18-11-6-8-13-7-5-9-14(12-13)20-3;/h5,7,9,12H,4,6,8,10-11,17H2,1-3H3,(H,18,19);1H. The van der Waals surface area contributed by atoms with E-state index in [9.17, 15) is 4.79 Å². The van der Waals surface area contributed by atoms with Crippen molar-refractivity contribution in [3.63, 3.8) is 0 Å². The third kappa shape index (κ3) is 6.82. The molecule has 0 aliphatic heterocycles. The van der Waals surface area contributed by atoms with Crippen molar-refractivity contribution in [2.24, 2.45) is 5.73 Å². The lowest BCUT2D eigenvalue weighted by atomic mass is 9.96. The Morgan fingerprint density at radius 1 is 1.43 bits per heavy atom. The monoisotopic (exact) mass is 314 g/mol. The molecule has 1 unspecified atom stereocenters. The van der Waals surface area contributed by atoms with Gasteiger partial charge in [-0.15, -0.1) is 12.4 Å². The molecule has 120 valence electrons. The summed E-state index contributed by atoms with van der Waals surface area (Å²) in [6.45, 7) is 4.46. The quantitative estimate of drug-likeness (QED) is 0.725. The summed E-state index contributed by atoms with van der Waals surface area (Å²) in [7, 11) is 1.66. The first-order valence-electron chi connectivity index (χ1n) is 7.19. The van der Waals surface area contributed by atoms with Gasteiger partial charge in [0.25, 0.3) is 0 Å². The second kappa shape index (κ2) is 9.64. The zero-order valence-electron chi connectivity index (χ0n) is 13.1. The fourth-order valence-corrected chi connectivity index (χ4v) is 2.16. The number of ether oxygens (including phenoxy) is 1. The molecule has 5 heteroatoms. The highest BCUT2D eigenvalue weighted by Gasteiger charge is 2.26. The van der Waals surface area contributed by atoms with Gasteiger partial charge in [0.15, 0.2) is 0 Å². The number of halogens is 1. The molecule has 0 saturated heterocycles. The molecule has 0 saturated carbocycles. The van der Waals surface area contributed by atoms with E-state index < -0.39 is 5.54 Å². The van der Waals surface area contributed by atoms with E-state index in [0.29, 0.717) is 13.0 Å². The van der Waals surface area contributed by atoms with Crippen molar-refractivity contribution < 1.29 is 9.53 Å².